The number of nitrogens with one attached hydrogen (secondary N) is 1. The maximum absolute atomic E-state index is 16.0. The van der Waals surface area contributed by atoms with E-state index < -0.39 is 59.7 Å². The molecular formula is C38H36F5N3O5. The number of benzene rings is 3. The molecule has 4 aromatic rings. The number of ether oxygens (including phenoxy) is 1. The lowest BCUT2D eigenvalue weighted by molar-refractivity contribution is -0.139. The monoisotopic (exact) mass is 709 g/mol. The Labute approximate surface area is 290 Å². The summed E-state index contributed by atoms with van der Waals surface area (Å²) in [5.41, 5.74) is 0.752. The lowest BCUT2D eigenvalue weighted by atomic mass is 9.91. The molecule has 8 nitrogen and oxygen atoms in total. The topological polar surface area (TPSA) is 101 Å². The smallest absolute Gasteiger partial charge is 0.416 e. The average molecular weight is 710 g/mol. The van der Waals surface area contributed by atoms with Crippen molar-refractivity contribution in [3.63, 3.8) is 0 Å². The molecule has 0 saturated carbocycles. The van der Waals surface area contributed by atoms with E-state index in [1.807, 2.05) is 13.0 Å². The number of fused-ring (bicyclic) bond motifs is 6. The van der Waals surface area contributed by atoms with Gasteiger partial charge in [-0.05, 0) is 90.4 Å². The van der Waals surface area contributed by atoms with Gasteiger partial charge in [0.15, 0.2) is 0 Å². The van der Waals surface area contributed by atoms with E-state index in [9.17, 15) is 37.1 Å². The number of carboxylic acid groups (broad SMARTS) is 1. The van der Waals surface area contributed by atoms with Crippen LogP contribution in [0, 0.1) is 26.6 Å². The minimum Gasteiger partial charge on any atom is -0.488 e. The van der Waals surface area contributed by atoms with Crippen LogP contribution in [0.25, 0.3) is 11.1 Å². The quantitative estimate of drug-likeness (QED) is 0.219. The predicted molar refractivity (Wildman–Crippen MR) is 179 cm³/mol. The summed E-state index contributed by atoms with van der Waals surface area (Å²) in [6.45, 7) is 5.27. The molecule has 1 aromatic heterocycles. The van der Waals surface area contributed by atoms with Crippen molar-refractivity contribution in [3.05, 3.63) is 121 Å². The van der Waals surface area contributed by atoms with Gasteiger partial charge in [0, 0.05) is 43.0 Å². The molecule has 2 N–H and O–H groups in total. The number of rotatable bonds is 6. The second kappa shape index (κ2) is 13.9. The summed E-state index contributed by atoms with van der Waals surface area (Å²) in [6.07, 6.45) is -5.91. The van der Waals surface area contributed by atoms with Gasteiger partial charge in [-0.1, -0.05) is 24.3 Å². The van der Waals surface area contributed by atoms with Gasteiger partial charge in [0.05, 0.1) is 18.0 Å². The third-order valence-electron chi connectivity index (χ3n) is 9.51. The van der Waals surface area contributed by atoms with Gasteiger partial charge in [-0.25, -0.2) is 8.78 Å². The zero-order valence-electron chi connectivity index (χ0n) is 28.1. The molecule has 3 aromatic carbocycles. The van der Waals surface area contributed by atoms with E-state index in [0.717, 1.165) is 16.3 Å². The SMILES string of the molecule is Cc1ccc2cc1[C@@H](n1cc(CCN3CC(F)C3)c(C(F)(F)F)cc1=O)C(=O)N[C@@H](CC(=O)O)c1cc(cc(C)c1F)-c1c(C)cccc1OC2. The highest BCUT2D eigenvalue weighted by atomic mass is 19.4. The van der Waals surface area contributed by atoms with Crippen LogP contribution in [0.5, 0.6) is 5.75 Å². The molecule has 2 aliphatic rings. The fourth-order valence-electron chi connectivity index (χ4n) is 6.87. The number of carbonyl (C=O) groups is 2. The number of likely N-dealkylation sites (tertiary alicyclic amines) is 1. The number of aryl methyl sites for hydroxylation is 3. The fraction of sp³-hybridized carbons (Fsp3) is 0.342. The van der Waals surface area contributed by atoms with Gasteiger partial charge in [-0.15, -0.1) is 0 Å². The zero-order valence-corrected chi connectivity index (χ0v) is 28.1. The van der Waals surface area contributed by atoms with E-state index in [4.69, 9.17) is 4.74 Å². The third-order valence-corrected chi connectivity index (χ3v) is 9.51. The Kier molecular flexibility index (Phi) is 9.78. The van der Waals surface area contributed by atoms with Crippen molar-refractivity contribution in [1.29, 1.82) is 0 Å². The van der Waals surface area contributed by atoms with Crippen molar-refractivity contribution in [2.75, 3.05) is 19.6 Å². The highest BCUT2D eigenvalue weighted by Gasteiger charge is 2.37. The van der Waals surface area contributed by atoms with E-state index in [1.165, 1.54) is 13.0 Å². The maximum Gasteiger partial charge on any atom is 0.416 e. The number of carbonyl (C=O) groups excluding carboxylic acids is 1. The van der Waals surface area contributed by atoms with Crippen molar-refractivity contribution >= 4 is 11.9 Å². The van der Waals surface area contributed by atoms with Gasteiger partial charge in [-0.3, -0.25) is 23.9 Å². The largest absolute Gasteiger partial charge is 0.488 e. The molecule has 0 spiro atoms. The van der Waals surface area contributed by atoms with Crippen molar-refractivity contribution in [2.24, 2.45) is 0 Å². The lowest BCUT2D eigenvalue weighted by Gasteiger charge is -2.34. The van der Waals surface area contributed by atoms with Crippen LogP contribution >= 0.6 is 0 Å². The normalized spacial score (nSPS) is 18.2. The molecule has 51 heavy (non-hydrogen) atoms. The summed E-state index contributed by atoms with van der Waals surface area (Å²) in [6, 6.07) is 10.9. The second-order valence-electron chi connectivity index (χ2n) is 13.2. The van der Waals surface area contributed by atoms with Crippen LogP contribution in [0.2, 0.25) is 0 Å². The van der Waals surface area contributed by atoms with E-state index >= 15 is 4.39 Å². The second-order valence-corrected chi connectivity index (χ2v) is 13.2. The molecule has 3 heterocycles. The Morgan fingerprint density at radius 2 is 1.73 bits per heavy atom. The molecule has 1 fully saturated rings. The number of hydrogen-bond donors (Lipinski definition) is 2. The molecule has 0 radical (unpaired) electrons. The number of halogens is 5. The number of hydrogen-bond acceptors (Lipinski definition) is 5. The Morgan fingerprint density at radius 3 is 2.41 bits per heavy atom. The number of pyridine rings is 1. The molecule has 4 bridgehead atoms. The van der Waals surface area contributed by atoms with Gasteiger partial charge >= 0.3 is 12.1 Å². The van der Waals surface area contributed by atoms with Crippen LogP contribution in [0.1, 0.15) is 63.0 Å². The summed E-state index contributed by atoms with van der Waals surface area (Å²) in [5.74, 6) is -2.58. The Balaban J connectivity index is 1.56. The van der Waals surface area contributed by atoms with Crippen molar-refractivity contribution in [3.8, 4) is 16.9 Å². The molecule has 0 unspecified atom stereocenters. The van der Waals surface area contributed by atoms with E-state index in [0.29, 0.717) is 34.1 Å². The summed E-state index contributed by atoms with van der Waals surface area (Å²) in [5, 5.41) is 12.5. The molecule has 13 heteroatoms. The average Bonchev–Trinajstić information content (AvgIpc) is 3.03. The highest BCUT2D eigenvalue weighted by Crippen LogP contribution is 2.39. The van der Waals surface area contributed by atoms with Crippen molar-refractivity contribution in [1.82, 2.24) is 14.8 Å². The minimum atomic E-state index is -4.90. The van der Waals surface area contributed by atoms with Crippen molar-refractivity contribution in [2.45, 2.75) is 64.7 Å². The molecule has 1 amide bonds. The van der Waals surface area contributed by atoms with Crippen LogP contribution < -0.4 is 15.6 Å². The number of carboxylic acids is 1. The van der Waals surface area contributed by atoms with E-state index in [-0.39, 0.29) is 54.9 Å². The number of aliphatic carboxylic acids is 1. The Hall–Kier alpha value is -5.04. The van der Waals surface area contributed by atoms with Gasteiger partial charge < -0.3 is 15.2 Å². The molecule has 268 valence electrons. The first-order chi connectivity index (χ1) is 24.1. The van der Waals surface area contributed by atoms with Crippen molar-refractivity contribution < 1.29 is 41.4 Å². The maximum atomic E-state index is 16.0. The molecule has 6 rings (SSSR count). The summed E-state index contributed by atoms with van der Waals surface area (Å²) in [4.78, 5) is 41.9. The third kappa shape index (κ3) is 7.39. The number of aromatic nitrogens is 1. The first-order valence-corrected chi connectivity index (χ1v) is 16.4. The summed E-state index contributed by atoms with van der Waals surface area (Å²) < 4.78 is 79.3. The number of alkyl halides is 4. The van der Waals surface area contributed by atoms with Crippen LogP contribution in [0.4, 0.5) is 22.0 Å². The van der Waals surface area contributed by atoms with Crippen LogP contribution in [0.3, 0.4) is 0 Å². The Bertz CT molecular complexity index is 2070. The summed E-state index contributed by atoms with van der Waals surface area (Å²) >= 11 is 0. The lowest BCUT2D eigenvalue weighted by Crippen LogP contribution is -2.49. The first kappa shape index (κ1) is 35.8. The van der Waals surface area contributed by atoms with Crippen LogP contribution in [-0.4, -0.2) is 52.3 Å². The van der Waals surface area contributed by atoms with E-state index in [1.54, 1.807) is 48.2 Å². The van der Waals surface area contributed by atoms with Gasteiger partial charge in [-0.2, -0.15) is 13.2 Å². The first-order valence-electron chi connectivity index (χ1n) is 16.4. The highest BCUT2D eigenvalue weighted by molar-refractivity contribution is 5.85. The van der Waals surface area contributed by atoms with Gasteiger partial charge in [0.1, 0.15) is 30.4 Å². The van der Waals surface area contributed by atoms with Crippen LogP contribution in [0.15, 0.2) is 65.6 Å². The minimum absolute atomic E-state index is 0.00526. The molecule has 2 atom stereocenters. The standard InChI is InChI=1S/C38H36F5N3O5/c1-20-7-8-23-12-27(20)36(46-16-24(9-10-45-17-26(39)18-45)29(14-32(46)47)38(41,42)43)37(50)44-30(15-33(48)49)28-13-25(11-22(3)35(28)40)34-21(2)5-4-6-31(34)51-19-23/h4-8,11-14,16,26,30,36H,9-10,15,17-19H2,1-3H3,(H,44,50)(H,48,49)/t30-,36+/m0/s1. The zero-order chi connectivity index (χ0) is 36.8. The fourth-order valence-corrected chi connectivity index (χ4v) is 6.87. The van der Waals surface area contributed by atoms with Gasteiger partial charge in [0.25, 0.3) is 5.56 Å². The molecule has 1 saturated heterocycles. The predicted octanol–water partition coefficient (Wildman–Crippen LogP) is 6.61. The molecule has 2 aliphatic heterocycles. The molecular weight excluding hydrogens is 673 g/mol. The number of amides is 1. The molecule has 0 aliphatic carbocycles. The van der Waals surface area contributed by atoms with Crippen LogP contribution in [-0.2, 0) is 28.8 Å². The number of nitrogens with zero attached hydrogens (tertiary/aromatic N) is 2. The Morgan fingerprint density at radius 1 is 0.980 bits per heavy atom. The van der Waals surface area contributed by atoms with Gasteiger partial charge in [0.2, 0.25) is 5.91 Å². The summed E-state index contributed by atoms with van der Waals surface area (Å²) in [7, 11) is 0. The van der Waals surface area contributed by atoms with E-state index in [2.05, 4.69) is 5.32 Å².